The average Bonchev–Trinajstić information content (AvgIpc) is 3.04. The molecule has 0 saturated carbocycles. The van der Waals surface area contributed by atoms with Crippen molar-refractivity contribution < 1.29 is 13.2 Å². The number of aryl methyl sites for hydroxylation is 2. The van der Waals surface area contributed by atoms with Crippen molar-refractivity contribution in [3.05, 3.63) is 38.9 Å². The number of H-pyrrole nitrogens is 1. The average molecular weight is 355 g/mol. The van der Waals surface area contributed by atoms with Gasteiger partial charge in [0.2, 0.25) is 0 Å². The van der Waals surface area contributed by atoms with Crippen LogP contribution in [-0.2, 0) is 13.2 Å². The SMILES string of the molecule is Cc1nn(C)c(C)c1-c1cc(=O)[nH]c(-c2nc(C(F)(F)F)cs2)n1. The van der Waals surface area contributed by atoms with Crippen molar-refractivity contribution >= 4 is 11.3 Å². The second-order valence-electron chi connectivity index (χ2n) is 5.18. The maximum Gasteiger partial charge on any atom is 0.434 e. The number of nitrogens with zero attached hydrogens (tertiary/aromatic N) is 4. The van der Waals surface area contributed by atoms with Crippen molar-refractivity contribution in [3.8, 4) is 22.1 Å². The number of hydrogen-bond donors (Lipinski definition) is 1. The van der Waals surface area contributed by atoms with Crippen molar-refractivity contribution in [2.45, 2.75) is 20.0 Å². The van der Waals surface area contributed by atoms with E-state index in [-0.39, 0.29) is 10.8 Å². The Kier molecular flexibility index (Phi) is 3.78. The molecule has 0 radical (unpaired) electrons. The minimum Gasteiger partial charge on any atom is -0.304 e. The topological polar surface area (TPSA) is 76.5 Å². The highest BCUT2D eigenvalue weighted by molar-refractivity contribution is 7.13. The lowest BCUT2D eigenvalue weighted by molar-refractivity contribution is -0.140. The molecule has 0 amide bonds. The van der Waals surface area contributed by atoms with E-state index < -0.39 is 17.4 Å². The van der Waals surface area contributed by atoms with Gasteiger partial charge in [-0.25, -0.2) is 9.97 Å². The number of aromatic amines is 1. The fourth-order valence-corrected chi connectivity index (χ4v) is 3.11. The summed E-state index contributed by atoms with van der Waals surface area (Å²) in [5.41, 5.74) is 1.02. The molecule has 10 heteroatoms. The second kappa shape index (κ2) is 5.55. The predicted molar refractivity (Wildman–Crippen MR) is 82.6 cm³/mol. The molecule has 126 valence electrons. The standard InChI is InChI=1S/C14H12F3N5OS/c1-6-11(7(2)22(3)21-6)8-4-10(23)20-12(18-8)13-19-9(5-24-13)14(15,16)17/h4-5H,1-3H3,(H,18,20,23). The fourth-order valence-electron chi connectivity index (χ4n) is 2.34. The number of thiazole rings is 1. The first-order valence-electron chi connectivity index (χ1n) is 6.82. The third-order valence-corrected chi connectivity index (χ3v) is 4.35. The van der Waals surface area contributed by atoms with Crippen LogP contribution in [0.2, 0.25) is 0 Å². The first kappa shape index (κ1) is 16.4. The number of hydrogen-bond acceptors (Lipinski definition) is 5. The maximum atomic E-state index is 12.7. The molecule has 6 nitrogen and oxygen atoms in total. The zero-order chi connectivity index (χ0) is 17.6. The first-order chi connectivity index (χ1) is 11.2. The van der Waals surface area contributed by atoms with Crippen molar-refractivity contribution in [1.82, 2.24) is 24.7 Å². The Hall–Kier alpha value is -2.49. The van der Waals surface area contributed by atoms with E-state index in [0.717, 1.165) is 22.4 Å². The first-order valence-corrected chi connectivity index (χ1v) is 7.70. The van der Waals surface area contributed by atoms with E-state index in [4.69, 9.17) is 0 Å². The molecule has 0 spiro atoms. The molecule has 0 aromatic carbocycles. The molecule has 0 aliphatic carbocycles. The molecule has 0 fully saturated rings. The van der Waals surface area contributed by atoms with Crippen LogP contribution in [0.15, 0.2) is 16.2 Å². The summed E-state index contributed by atoms with van der Waals surface area (Å²) in [6.45, 7) is 3.60. The number of aromatic nitrogens is 5. The Balaban J connectivity index is 2.14. The molecular formula is C14H12F3N5OS. The normalized spacial score (nSPS) is 11.9. The predicted octanol–water partition coefficient (Wildman–Crippen LogP) is 2.93. The Labute approximate surface area is 138 Å². The quantitative estimate of drug-likeness (QED) is 0.767. The monoisotopic (exact) mass is 355 g/mol. The number of nitrogens with one attached hydrogen (secondary N) is 1. The summed E-state index contributed by atoms with van der Waals surface area (Å²) < 4.78 is 39.7. The van der Waals surface area contributed by atoms with Crippen molar-refractivity contribution in [2.75, 3.05) is 0 Å². The van der Waals surface area contributed by atoms with Crippen molar-refractivity contribution in [2.24, 2.45) is 7.05 Å². The van der Waals surface area contributed by atoms with Crippen LogP contribution in [0.5, 0.6) is 0 Å². The lowest BCUT2D eigenvalue weighted by Crippen LogP contribution is -2.10. The molecule has 0 atom stereocenters. The largest absolute Gasteiger partial charge is 0.434 e. The zero-order valence-corrected chi connectivity index (χ0v) is 13.7. The van der Waals surface area contributed by atoms with Crippen LogP contribution >= 0.6 is 11.3 Å². The fraction of sp³-hybridized carbons (Fsp3) is 0.286. The van der Waals surface area contributed by atoms with Gasteiger partial charge in [-0.2, -0.15) is 18.3 Å². The van der Waals surface area contributed by atoms with Gasteiger partial charge in [0.05, 0.1) is 11.4 Å². The van der Waals surface area contributed by atoms with Gasteiger partial charge in [-0.3, -0.25) is 9.48 Å². The van der Waals surface area contributed by atoms with Gasteiger partial charge in [0, 0.05) is 29.8 Å². The number of alkyl halides is 3. The Bertz CT molecular complexity index is 970. The molecule has 0 saturated heterocycles. The Morgan fingerprint density at radius 1 is 1.25 bits per heavy atom. The summed E-state index contributed by atoms with van der Waals surface area (Å²) in [6.07, 6.45) is -4.54. The summed E-state index contributed by atoms with van der Waals surface area (Å²) in [5, 5.41) is 5.15. The Morgan fingerprint density at radius 3 is 2.50 bits per heavy atom. The van der Waals surface area contributed by atoms with E-state index >= 15 is 0 Å². The van der Waals surface area contributed by atoms with Crippen LogP contribution in [0.3, 0.4) is 0 Å². The van der Waals surface area contributed by atoms with Gasteiger partial charge in [0.25, 0.3) is 5.56 Å². The summed E-state index contributed by atoms with van der Waals surface area (Å²) in [7, 11) is 1.76. The van der Waals surface area contributed by atoms with E-state index in [2.05, 4.69) is 20.1 Å². The molecule has 3 rings (SSSR count). The second-order valence-corrected chi connectivity index (χ2v) is 6.04. The van der Waals surface area contributed by atoms with E-state index in [9.17, 15) is 18.0 Å². The smallest absolute Gasteiger partial charge is 0.304 e. The number of rotatable bonds is 2. The van der Waals surface area contributed by atoms with Gasteiger partial charge in [-0.05, 0) is 13.8 Å². The van der Waals surface area contributed by atoms with Gasteiger partial charge in [0.1, 0.15) is 0 Å². The van der Waals surface area contributed by atoms with Crippen LogP contribution in [0.1, 0.15) is 17.1 Å². The summed E-state index contributed by atoms with van der Waals surface area (Å²) in [6, 6.07) is 1.29. The van der Waals surface area contributed by atoms with E-state index in [1.165, 1.54) is 6.07 Å². The summed E-state index contributed by atoms with van der Waals surface area (Å²) >= 11 is 0.771. The van der Waals surface area contributed by atoms with Crippen LogP contribution in [0, 0.1) is 13.8 Å². The highest BCUT2D eigenvalue weighted by atomic mass is 32.1. The maximum absolute atomic E-state index is 12.7. The molecule has 1 N–H and O–H groups in total. The van der Waals surface area contributed by atoms with E-state index in [1.807, 2.05) is 6.92 Å². The van der Waals surface area contributed by atoms with E-state index in [1.54, 1.807) is 18.7 Å². The molecule has 3 aromatic heterocycles. The van der Waals surface area contributed by atoms with Gasteiger partial charge in [-0.1, -0.05) is 0 Å². The van der Waals surface area contributed by atoms with Crippen molar-refractivity contribution in [3.63, 3.8) is 0 Å². The van der Waals surface area contributed by atoms with Crippen LogP contribution in [0.25, 0.3) is 22.1 Å². The van der Waals surface area contributed by atoms with Crippen LogP contribution < -0.4 is 5.56 Å². The molecule has 24 heavy (non-hydrogen) atoms. The van der Waals surface area contributed by atoms with Gasteiger partial charge in [-0.15, -0.1) is 11.3 Å². The molecule has 0 bridgehead atoms. The molecule has 0 aliphatic heterocycles. The highest BCUT2D eigenvalue weighted by Gasteiger charge is 2.34. The van der Waals surface area contributed by atoms with Gasteiger partial charge < -0.3 is 4.98 Å². The lowest BCUT2D eigenvalue weighted by atomic mass is 10.1. The molecule has 3 aromatic rings. The molecular weight excluding hydrogens is 343 g/mol. The van der Waals surface area contributed by atoms with Crippen molar-refractivity contribution in [1.29, 1.82) is 0 Å². The lowest BCUT2D eigenvalue weighted by Gasteiger charge is -2.04. The highest BCUT2D eigenvalue weighted by Crippen LogP contribution is 2.33. The third kappa shape index (κ3) is 2.84. The third-order valence-electron chi connectivity index (χ3n) is 3.50. The summed E-state index contributed by atoms with van der Waals surface area (Å²) in [5.74, 6) is 0.000605. The zero-order valence-electron chi connectivity index (χ0n) is 12.9. The minimum atomic E-state index is -4.54. The molecule has 0 unspecified atom stereocenters. The van der Waals surface area contributed by atoms with Gasteiger partial charge in [0.15, 0.2) is 16.5 Å². The Morgan fingerprint density at radius 2 is 1.96 bits per heavy atom. The van der Waals surface area contributed by atoms with Crippen LogP contribution in [0.4, 0.5) is 13.2 Å². The number of halogens is 3. The molecule has 3 heterocycles. The molecule has 0 aliphatic rings. The summed E-state index contributed by atoms with van der Waals surface area (Å²) in [4.78, 5) is 22.1. The minimum absolute atomic E-state index is 0.000437. The van der Waals surface area contributed by atoms with Crippen LogP contribution in [-0.4, -0.2) is 24.7 Å². The van der Waals surface area contributed by atoms with E-state index in [0.29, 0.717) is 17.0 Å². The van der Waals surface area contributed by atoms with Gasteiger partial charge >= 0.3 is 6.18 Å².